The first-order valence-corrected chi connectivity index (χ1v) is 7.89. The van der Waals surface area contributed by atoms with Gasteiger partial charge in [0.05, 0.1) is 0 Å². The highest BCUT2D eigenvalue weighted by Crippen LogP contribution is 2.18. The van der Waals surface area contributed by atoms with E-state index in [0.29, 0.717) is 17.7 Å². The molecule has 0 radical (unpaired) electrons. The minimum atomic E-state index is -1.44. The summed E-state index contributed by atoms with van der Waals surface area (Å²) in [5.74, 6) is 0. The second-order valence-electron chi connectivity index (χ2n) is 4.12. The summed E-state index contributed by atoms with van der Waals surface area (Å²) in [6, 6.07) is 0. The van der Waals surface area contributed by atoms with Crippen LogP contribution in [0.1, 0.15) is 61.8 Å². The lowest BCUT2D eigenvalue weighted by Crippen LogP contribution is -2.32. The lowest BCUT2D eigenvalue weighted by atomic mass is 10.4. The Morgan fingerprint density at radius 2 is 1.20 bits per heavy atom. The molecular formula is C12H30O2Si. The Balaban J connectivity index is 0. The Labute approximate surface area is 98.2 Å². The quantitative estimate of drug-likeness (QED) is 0.649. The van der Waals surface area contributed by atoms with E-state index in [9.17, 15) is 0 Å². The van der Waals surface area contributed by atoms with Crippen LogP contribution >= 0.6 is 0 Å². The lowest BCUT2D eigenvalue weighted by molar-refractivity contribution is 0.123. The van der Waals surface area contributed by atoms with Crippen LogP contribution in [0, 0.1) is 0 Å². The fourth-order valence-electron chi connectivity index (χ4n) is 1.03. The molecule has 0 rings (SSSR count). The number of hydrogen-bond acceptors (Lipinski definition) is 2. The molecule has 0 spiro atoms. The van der Waals surface area contributed by atoms with Gasteiger partial charge in [-0.05, 0) is 33.2 Å². The standard InChI is InChI=1S/C10H24O2Si.C2H6/c1-7-10(6)13(11-8(2)3)12-9(4)5;1-2/h8-10,13H,7H2,1-6H3;1-2H3. The summed E-state index contributed by atoms with van der Waals surface area (Å²) >= 11 is 0. The van der Waals surface area contributed by atoms with Crippen molar-refractivity contribution >= 4 is 9.28 Å². The summed E-state index contributed by atoms with van der Waals surface area (Å²) in [6.07, 6.45) is 1.74. The van der Waals surface area contributed by atoms with Crippen molar-refractivity contribution in [1.82, 2.24) is 0 Å². The molecule has 0 heterocycles. The molecule has 0 aromatic carbocycles. The van der Waals surface area contributed by atoms with Gasteiger partial charge >= 0.3 is 9.28 Å². The Morgan fingerprint density at radius 1 is 0.867 bits per heavy atom. The molecule has 2 nitrogen and oxygen atoms in total. The summed E-state index contributed by atoms with van der Waals surface area (Å²) in [6.45, 7) is 16.7. The van der Waals surface area contributed by atoms with Gasteiger partial charge < -0.3 is 8.85 Å². The van der Waals surface area contributed by atoms with Gasteiger partial charge in [-0.2, -0.15) is 0 Å². The van der Waals surface area contributed by atoms with Crippen LogP contribution in [0.4, 0.5) is 0 Å². The fourth-order valence-corrected chi connectivity index (χ4v) is 3.09. The fraction of sp³-hybridized carbons (Fsp3) is 1.00. The number of hydrogen-bond donors (Lipinski definition) is 0. The average Bonchev–Trinajstić information content (AvgIpc) is 2.17. The van der Waals surface area contributed by atoms with Gasteiger partial charge in [-0.25, -0.2) is 0 Å². The van der Waals surface area contributed by atoms with E-state index in [-0.39, 0.29) is 0 Å². The average molecular weight is 234 g/mol. The van der Waals surface area contributed by atoms with Crippen molar-refractivity contribution in [2.24, 2.45) is 0 Å². The molecule has 15 heavy (non-hydrogen) atoms. The summed E-state index contributed by atoms with van der Waals surface area (Å²) in [5.41, 5.74) is 0.602. The molecule has 0 bridgehead atoms. The van der Waals surface area contributed by atoms with Crippen molar-refractivity contribution < 1.29 is 8.85 Å². The Kier molecular flexibility index (Phi) is 12.4. The summed E-state index contributed by atoms with van der Waals surface area (Å²) in [4.78, 5) is 0. The molecule has 0 aliphatic carbocycles. The molecule has 1 atom stereocenters. The van der Waals surface area contributed by atoms with Gasteiger partial charge in [0.15, 0.2) is 0 Å². The van der Waals surface area contributed by atoms with Crippen molar-refractivity contribution in [2.75, 3.05) is 0 Å². The van der Waals surface area contributed by atoms with Gasteiger partial charge in [-0.1, -0.05) is 34.1 Å². The van der Waals surface area contributed by atoms with Crippen LogP contribution in [0.25, 0.3) is 0 Å². The molecule has 0 saturated carbocycles. The third-order valence-electron chi connectivity index (χ3n) is 1.92. The van der Waals surface area contributed by atoms with Crippen molar-refractivity contribution in [3.05, 3.63) is 0 Å². The topological polar surface area (TPSA) is 18.5 Å². The van der Waals surface area contributed by atoms with Crippen molar-refractivity contribution in [1.29, 1.82) is 0 Å². The van der Waals surface area contributed by atoms with Crippen LogP contribution in [0.3, 0.4) is 0 Å². The van der Waals surface area contributed by atoms with E-state index in [1.54, 1.807) is 0 Å². The predicted octanol–water partition coefficient (Wildman–Crippen LogP) is 3.88. The van der Waals surface area contributed by atoms with Gasteiger partial charge in [0.25, 0.3) is 0 Å². The highest BCUT2D eigenvalue weighted by Gasteiger charge is 2.23. The summed E-state index contributed by atoms with van der Waals surface area (Å²) < 4.78 is 11.7. The minimum absolute atomic E-state index is 0.296. The zero-order valence-electron chi connectivity index (χ0n) is 11.8. The van der Waals surface area contributed by atoms with Crippen LogP contribution in [0.2, 0.25) is 5.54 Å². The maximum absolute atomic E-state index is 5.83. The molecule has 0 aliphatic heterocycles. The van der Waals surface area contributed by atoms with Crippen LogP contribution in [0.15, 0.2) is 0 Å². The monoisotopic (exact) mass is 234 g/mol. The normalized spacial score (nSPS) is 13.0. The second kappa shape index (κ2) is 10.6. The van der Waals surface area contributed by atoms with E-state index < -0.39 is 9.28 Å². The molecule has 0 amide bonds. The van der Waals surface area contributed by atoms with E-state index in [0.717, 1.165) is 6.42 Å². The van der Waals surface area contributed by atoms with E-state index in [1.165, 1.54) is 0 Å². The van der Waals surface area contributed by atoms with E-state index in [2.05, 4.69) is 41.5 Å². The van der Waals surface area contributed by atoms with Crippen molar-refractivity contribution in [2.45, 2.75) is 79.6 Å². The summed E-state index contributed by atoms with van der Waals surface area (Å²) in [5, 5.41) is 0. The zero-order chi connectivity index (χ0) is 12.4. The Hall–Kier alpha value is 0.137. The van der Waals surface area contributed by atoms with E-state index >= 15 is 0 Å². The van der Waals surface area contributed by atoms with Gasteiger partial charge in [-0.15, -0.1) is 0 Å². The predicted molar refractivity (Wildman–Crippen MR) is 70.7 cm³/mol. The Morgan fingerprint density at radius 3 is 1.40 bits per heavy atom. The third kappa shape index (κ3) is 10.4. The molecule has 0 aliphatic rings. The van der Waals surface area contributed by atoms with Crippen molar-refractivity contribution in [3.8, 4) is 0 Å². The van der Waals surface area contributed by atoms with Crippen molar-refractivity contribution in [3.63, 3.8) is 0 Å². The van der Waals surface area contributed by atoms with Gasteiger partial charge in [0.2, 0.25) is 0 Å². The first-order chi connectivity index (χ1) is 6.97. The minimum Gasteiger partial charge on any atom is -0.394 e. The van der Waals surface area contributed by atoms with E-state index in [1.807, 2.05) is 13.8 Å². The third-order valence-corrected chi connectivity index (χ3v) is 4.95. The molecule has 1 unspecified atom stereocenters. The highest BCUT2D eigenvalue weighted by atomic mass is 28.3. The zero-order valence-corrected chi connectivity index (χ0v) is 13.0. The second-order valence-corrected chi connectivity index (χ2v) is 6.54. The smallest absolute Gasteiger partial charge is 0.324 e. The highest BCUT2D eigenvalue weighted by molar-refractivity contribution is 6.46. The first-order valence-electron chi connectivity index (χ1n) is 6.28. The van der Waals surface area contributed by atoms with Crippen LogP contribution in [-0.2, 0) is 8.85 Å². The maximum atomic E-state index is 5.83. The molecular weight excluding hydrogens is 204 g/mol. The molecule has 0 fully saturated rings. The summed E-state index contributed by atoms with van der Waals surface area (Å²) in [7, 11) is -1.44. The molecule has 0 saturated heterocycles. The van der Waals surface area contributed by atoms with Crippen LogP contribution < -0.4 is 0 Å². The van der Waals surface area contributed by atoms with Gasteiger partial charge in [-0.3, -0.25) is 0 Å². The molecule has 0 aromatic heterocycles. The van der Waals surface area contributed by atoms with Gasteiger partial charge in [0, 0.05) is 12.2 Å². The molecule has 94 valence electrons. The molecule has 3 heteroatoms. The maximum Gasteiger partial charge on any atom is 0.324 e. The largest absolute Gasteiger partial charge is 0.394 e. The number of rotatable bonds is 6. The Bertz CT molecular complexity index is 117. The van der Waals surface area contributed by atoms with Crippen LogP contribution in [0.5, 0.6) is 0 Å². The first kappa shape index (κ1) is 17.5. The van der Waals surface area contributed by atoms with E-state index in [4.69, 9.17) is 8.85 Å². The van der Waals surface area contributed by atoms with Crippen LogP contribution in [-0.4, -0.2) is 21.5 Å². The SMILES string of the molecule is CC.CCC(C)[SiH](OC(C)C)OC(C)C. The lowest BCUT2D eigenvalue weighted by Gasteiger charge is -2.25. The molecule has 0 aromatic rings. The van der Waals surface area contributed by atoms with Gasteiger partial charge in [0.1, 0.15) is 0 Å². The molecule has 0 N–H and O–H groups in total.